The van der Waals surface area contributed by atoms with E-state index in [-0.39, 0.29) is 4.21 Å². The molecule has 10 heteroatoms. The zero-order valence-electron chi connectivity index (χ0n) is 16.2. The molecule has 7 nitrogen and oxygen atoms in total. The molecular weight excluding hydrogens is 476 g/mol. The van der Waals surface area contributed by atoms with Crippen molar-refractivity contribution >= 4 is 48.9 Å². The van der Waals surface area contributed by atoms with Crippen LogP contribution < -0.4 is 10.5 Å². The van der Waals surface area contributed by atoms with E-state index in [0.29, 0.717) is 9.35 Å². The predicted octanol–water partition coefficient (Wildman–Crippen LogP) is 4.04. The minimum Gasteiger partial charge on any atom is -0.385 e. The molecule has 2 aliphatic carbocycles. The molecule has 4 rings (SSSR count). The number of anilines is 1. The number of nitrogens with two attached hydrogens (primary N) is 1. The molecule has 0 unspecified atom stereocenters. The summed E-state index contributed by atoms with van der Waals surface area (Å²) in [7, 11) is -3.47. The van der Waals surface area contributed by atoms with Gasteiger partial charge >= 0.3 is 6.03 Å². The summed E-state index contributed by atoms with van der Waals surface area (Å²) in [6.45, 7) is 3.25. The summed E-state index contributed by atoms with van der Waals surface area (Å²) in [4.78, 5) is 18.1. The van der Waals surface area contributed by atoms with Gasteiger partial charge in [0.15, 0.2) is 9.92 Å². The van der Waals surface area contributed by atoms with Gasteiger partial charge in [-0.3, -0.25) is 4.98 Å². The molecule has 0 saturated carbocycles. The maximum absolute atomic E-state index is 13.1. The Hall–Kier alpha value is -1.33. The van der Waals surface area contributed by atoms with E-state index >= 15 is 0 Å². The van der Waals surface area contributed by atoms with Crippen LogP contribution in [0.15, 0.2) is 19.1 Å². The number of urea groups is 1. The minimum atomic E-state index is -3.47. The molecule has 2 aromatic rings. The number of nitrogens with zero attached hydrogens (tertiary/aromatic N) is 2. The number of thiophene rings is 1. The molecule has 4 N–H and O–H groups in total. The Morgan fingerprint density at radius 3 is 2.38 bits per heavy atom. The molecule has 2 aromatic heterocycles. The summed E-state index contributed by atoms with van der Waals surface area (Å²) < 4.78 is 17.6. The van der Waals surface area contributed by atoms with Crippen LogP contribution in [0.1, 0.15) is 54.1 Å². The highest BCUT2D eigenvalue weighted by atomic mass is 79.9. The number of carbonyl (C=O) groups excluding carboxylic acids is 1. The number of aryl methyl sites for hydroxylation is 2. The van der Waals surface area contributed by atoms with Gasteiger partial charge in [0.2, 0.25) is 0 Å². The van der Waals surface area contributed by atoms with E-state index in [4.69, 9.17) is 10.1 Å². The number of rotatable bonds is 3. The minimum absolute atomic E-state index is 0.231. The highest BCUT2D eigenvalue weighted by Crippen LogP contribution is 2.38. The van der Waals surface area contributed by atoms with Crippen molar-refractivity contribution < 1.29 is 14.1 Å². The lowest BCUT2D eigenvalue weighted by Crippen LogP contribution is -2.18. The van der Waals surface area contributed by atoms with Gasteiger partial charge < -0.3 is 10.4 Å². The second kappa shape index (κ2) is 7.42. The first-order valence-electron chi connectivity index (χ1n) is 9.48. The van der Waals surface area contributed by atoms with Crippen LogP contribution in [0.4, 0.5) is 10.5 Å². The Bertz CT molecular complexity index is 1100. The third-order valence-corrected chi connectivity index (χ3v) is 9.77. The van der Waals surface area contributed by atoms with Crippen LogP contribution in [0.25, 0.3) is 0 Å². The van der Waals surface area contributed by atoms with E-state index in [9.17, 15) is 14.1 Å². The van der Waals surface area contributed by atoms with Crippen molar-refractivity contribution in [2.75, 3.05) is 5.32 Å². The molecule has 0 saturated heterocycles. The summed E-state index contributed by atoms with van der Waals surface area (Å²) >= 11 is 4.40. The van der Waals surface area contributed by atoms with Gasteiger partial charge in [0.05, 0.1) is 11.3 Å². The number of carbonyl (C=O) groups is 1. The number of halogens is 1. The third-order valence-electron chi connectivity index (χ3n) is 5.23. The standard InChI is InChI=1S/C19H23BrN4O3S2/c1-19(2,26)15-9-12(20)17(28-15)29(21,27)24-18(25)23-16-10-5-3-7-13(10)22-14-8-4-6-11(14)16/h9,26H,3-8H2,1-2H3,(H3,21,22,23,24,25,27)/t29-/m1/s1. The van der Waals surface area contributed by atoms with Crippen LogP contribution in [0, 0.1) is 0 Å². The van der Waals surface area contributed by atoms with E-state index in [1.54, 1.807) is 19.9 Å². The number of aliphatic hydroxyl groups is 1. The first kappa shape index (κ1) is 20.9. The maximum Gasteiger partial charge on any atom is 0.354 e. The molecule has 0 aromatic carbocycles. The fourth-order valence-corrected chi connectivity index (χ4v) is 7.56. The van der Waals surface area contributed by atoms with Gasteiger partial charge in [0.1, 0.15) is 4.21 Å². The fraction of sp³-hybridized carbons (Fsp3) is 0.474. The smallest absolute Gasteiger partial charge is 0.354 e. The molecule has 29 heavy (non-hydrogen) atoms. The van der Waals surface area contributed by atoms with E-state index in [0.717, 1.165) is 78.1 Å². The SMILES string of the molecule is CC(C)(O)c1cc(Br)c([S@](N)(=O)=NC(=O)Nc2c3c(nc4c2CCC4)CCC3)s1. The normalized spacial score (nSPS) is 17.6. The summed E-state index contributed by atoms with van der Waals surface area (Å²) in [5, 5.41) is 19.0. The summed E-state index contributed by atoms with van der Waals surface area (Å²) in [5.41, 5.74) is 3.90. The van der Waals surface area contributed by atoms with E-state index in [1.807, 2.05) is 0 Å². The molecule has 0 fully saturated rings. The zero-order chi connectivity index (χ0) is 21.0. The maximum atomic E-state index is 13.1. The lowest BCUT2D eigenvalue weighted by atomic mass is 10.1. The molecule has 2 aliphatic rings. The van der Waals surface area contributed by atoms with Crippen LogP contribution in [-0.2, 0) is 41.2 Å². The zero-order valence-corrected chi connectivity index (χ0v) is 19.5. The van der Waals surface area contributed by atoms with Gasteiger partial charge in [-0.1, -0.05) is 0 Å². The van der Waals surface area contributed by atoms with Crippen molar-refractivity contribution in [3.05, 3.63) is 37.9 Å². The number of hydrogen-bond donors (Lipinski definition) is 3. The average Bonchev–Trinajstić information content (AvgIpc) is 3.31. The second-order valence-electron chi connectivity index (χ2n) is 7.94. The highest BCUT2D eigenvalue weighted by Gasteiger charge is 2.28. The van der Waals surface area contributed by atoms with Crippen LogP contribution in [0.2, 0.25) is 0 Å². The van der Waals surface area contributed by atoms with Gasteiger partial charge in [0, 0.05) is 20.7 Å². The van der Waals surface area contributed by atoms with E-state index in [2.05, 4.69) is 25.6 Å². The summed E-state index contributed by atoms with van der Waals surface area (Å²) in [6.07, 6.45) is 5.60. The fourth-order valence-electron chi connectivity index (χ4n) is 3.88. The monoisotopic (exact) mass is 498 g/mol. The Morgan fingerprint density at radius 2 is 1.86 bits per heavy atom. The average molecular weight is 499 g/mol. The first-order chi connectivity index (χ1) is 13.6. The molecule has 0 aliphatic heterocycles. The number of fused-ring (bicyclic) bond motifs is 2. The van der Waals surface area contributed by atoms with Crippen molar-refractivity contribution in [3.8, 4) is 0 Å². The Balaban J connectivity index is 1.68. The van der Waals surface area contributed by atoms with Crippen molar-refractivity contribution in [2.24, 2.45) is 9.50 Å². The third kappa shape index (κ3) is 4.00. The van der Waals surface area contributed by atoms with Crippen LogP contribution in [0.5, 0.6) is 0 Å². The van der Waals surface area contributed by atoms with Gasteiger partial charge in [-0.2, -0.15) is 0 Å². The Morgan fingerprint density at radius 1 is 1.28 bits per heavy atom. The highest BCUT2D eigenvalue weighted by molar-refractivity contribution is 9.10. The number of hydrogen-bond acceptors (Lipinski definition) is 5. The predicted molar refractivity (Wildman–Crippen MR) is 118 cm³/mol. The molecule has 0 spiro atoms. The van der Waals surface area contributed by atoms with E-state index in [1.165, 1.54) is 0 Å². The van der Waals surface area contributed by atoms with Gasteiger partial charge in [-0.15, -0.1) is 15.7 Å². The molecular formula is C19H23BrN4O3S2. The number of pyridine rings is 1. The molecule has 0 radical (unpaired) electrons. The lowest BCUT2D eigenvalue weighted by molar-refractivity contribution is 0.0825. The molecule has 2 heterocycles. The topological polar surface area (TPSA) is 118 Å². The second-order valence-corrected chi connectivity index (χ2v) is 11.8. The summed E-state index contributed by atoms with van der Waals surface area (Å²) in [6, 6.07) is 0.930. The summed E-state index contributed by atoms with van der Waals surface area (Å²) in [5.74, 6) is 0. The van der Waals surface area contributed by atoms with Crippen molar-refractivity contribution in [3.63, 3.8) is 0 Å². The van der Waals surface area contributed by atoms with Gasteiger partial charge in [-0.05, 0) is 85.5 Å². The lowest BCUT2D eigenvalue weighted by Gasteiger charge is -2.14. The van der Waals surface area contributed by atoms with Gasteiger partial charge in [-0.25, -0.2) is 14.1 Å². The quantitative estimate of drug-likeness (QED) is 0.591. The van der Waals surface area contributed by atoms with Crippen molar-refractivity contribution in [1.82, 2.24) is 4.98 Å². The van der Waals surface area contributed by atoms with Crippen LogP contribution in [0.3, 0.4) is 0 Å². The molecule has 1 atom stereocenters. The number of aromatic nitrogens is 1. The molecule has 156 valence electrons. The number of nitrogens with one attached hydrogen (secondary N) is 1. The largest absolute Gasteiger partial charge is 0.385 e. The number of amides is 2. The molecule has 2 amide bonds. The van der Waals surface area contributed by atoms with Crippen LogP contribution in [-0.4, -0.2) is 20.3 Å². The Labute approximate surface area is 182 Å². The van der Waals surface area contributed by atoms with E-state index < -0.39 is 21.5 Å². The van der Waals surface area contributed by atoms with Crippen LogP contribution >= 0.6 is 27.3 Å². The first-order valence-corrected chi connectivity index (χ1v) is 12.7. The Kier molecular flexibility index (Phi) is 5.35. The van der Waals surface area contributed by atoms with Crippen molar-refractivity contribution in [1.29, 1.82) is 0 Å². The molecule has 0 bridgehead atoms. The van der Waals surface area contributed by atoms with Crippen molar-refractivity contribution in [2.45, 2.75) is 62.2 Å². The van der Waals surface area contributed by atoms with Gasteiger partial charge in [0.25, 0.3) is 0 Å².